The highest BCUT2D eigenvalue weighted by Gasteiger charge is 2.52. The van der Waals surface area contributed by atoms with Gasteiger partial charge in [0.25, 0.3) is 5.91 Å². The van der Waals surface area contributed by atoms with Crippen molar-refractivity contribution in [3.8, 4) is 0 Å². The normalized spacial score (nSPS) is 31.7. The zero-order chi connectivity index (χ0) is 18.5. The Morgan fingerprint density at radius 2 is 1.96 bits per heavy atom. The minimum absolute atomic E-state index is 0.0932. The third-order valence-corrected chi connectivity index (χ3v) is 6.60. The van der Waals surface area contributed by atoms with Crippen LogP contribution in [-0.2, 0) is 22.7 Å². The summed E-state index contributed by atoms with van der Waals surface area (Å²) < 4.78 is 0. The number of carbonyl (C=O) groups is 3. The van der Waals surface area contributed by atoms with Gasteiger partial charge in [-0.3, -0.25) is 19.7 Å². The molecule has 7 heteroatoms. The first-order valence-electron chi connectivity index (χ1n) is 9.80. The van der Waals surface area contributed by atoms with Crippen LogP contribution in [0.2, 0.25) is 0 Å². The number of benzene rings is 1. The van der Waals surface area contributed by atoms with E-state index in [2.05, 4.69) is 16.0 Å². The molecule has 0 bridgehead atoms. The molecule has 2 unspecified atom stereocenters. The van der Waals surface area contributed by atoms with Crippen molar-refractivity contribution in [3.05, 3.63) is 34.9 Å². The van der Waals surface area contributed by atoms with Crippen molar-refractivity contribution in [2.45, 2.75) is 32.0 Å². The van der Waals surface area contributed by atoms with Crippen molar-refractivity contribution in [3.63, 3.8) is 0 Å². The van der Waals surface area contributed by atoms with Crippen LogP contribution in [0.4, 0.5) is 0 Å². The van der Waals surface area contributed by atoms with Crippen LogP contribution in [0.15, 0.2) is 18.2 Å². The molecule has 7 nitrogen and oxygen atoms in total. The fourth-order valence-corrected chi connectivity index (χ4v) is 5.06. The smallest absolute Gasteiger partial charge is 0.255 e. The molecule has 3 aliphatic heterocycles. The van der Waals surface area contributed by atoms with E-state index in [1.54, 1.807) is 4.90 Å². The maximum Gasteiger partial charge on any atom is 0.255 e. The number of carbonyl (C=O) groups excluding carboxylic acids is 3. The molecule has 0 spiro atoms. The van der Waals surface area contributed by atoms with Gasteiger partial charge in [-0.15, -0.1) is 0 Å². The Morgan fingerprint density at radius 1 is 1.15 bits per heavy atom. The molecule has 1 saturated carbocycles. The van der Waals surface area contributed by atoms with Gasteiger partial charge < -0.3 is 15.5 Å². The second-order valence-electron chi connectivity index (χ2n) is 8.13. The highest BCUT2D eigenvalue weighted by Crippen LogP contribution is 2.48. The first-order chi connectivity index (χ1) is 13.1. The van der Waals surface area contributed by atoms with Crippen LogP contribution in [0.5, 0.6) is 0 Å². The van der Waals surface area contributed by atoms with Crippen molar-refractivity contribution >= 4 is 17.7 Å². The first kappa shape index (κ1) is 16.9. The number of imide groups is 1. The molecular formula is C20H24N4O3. The average molecular weight is 368 g/mol. The van der Waals surface area contributed by atoms with Gasteiger partial charge in [-0.2, -0.15) is 0 Å². The van der Waals surface area contributed by atoms with E-state index >= 15 is 0 Å². The fourth-order valence-electron chi connectivity index (χ4n) is 5.06. The number of nitrogens with zero attached hydrogens (tertiary/aromatic N) is 1. The molecule has 0 aromatic heterocycles. The van der Waals surface area contributed by atoms with E-state index in [1.165, 1.54) is 0 Å². The molecule has 3 fully saturated rings. The lowest BCUT2D eigenvalue weighted by molar-refractivity contribution is -0.136. The van der Waals surface area contributed by atoms with Crippen molar-refractivity contribution < 1.29 is 14.4 Å². The Bertz CT molecular complexity index is 813. The molecule has 4 aliphatic rings. The molecule has 27 heavy (non-hydrogen) atoms. The van der Waals surface area contributed by atoms with Gasteiger partial charge in [0.05, 0.1) is 0 Å². The van der Waals surface area contributed by atoms with Crippen LogP contribution >= 0.6 is 0 Å². The Kier molecular flexibility index (Phi) is 4.02. The van der Waals surface area contributed by atoms with Crippen LogP contribution in [0.3, 0.4) is 0 Å². The predicted octanol–water partition coefficient (Wildman–Crippen LogP) is 0.00260. The molecule has 1 aromatic carbocycles. The Hall–Kier alpha value is -2.25. The van der Waals surface area contributed by atoms with Crippen LogP contribution in [-0.4, -0.2) is 48.3 Å². The second-order valence-corrected chi connectivity index (χ2v) is 8.13. The van der Waals surface area contributed by atoms with E-state index in [-0.39, 0.29) is 24.1 Å². The number of rotatable bonds is 5. The lowest BCUT2D eigenvalue weighted by Crippen LogP contribution is -2.52. The van der Waals surface area contributed by atoms with Crippen LogP contribution in [0, 0.1) is 17.8 Å². The van der Waals surface area contributed by atoms with Gasteiger partial charge in [-0.1, -0.05) is 18.2 Å². The summed E-state index contributed by atoms with van der Waals surface area (Å²) in [4.78, 5) is 38.2. The zero-order valence-electron chi connectivity index (χ0n) is 15.2. The maximum atomic E-state index is 13.0. The standard InChI is InChI=1S/C20H24N4O3/c25-17-5-4-16(19(26)23-17)24-10-12-3-1-2-11(18(12)20(24)27)6-21-7-13-14-8-22-9-15(13)14/h1-3,13-16,21-22H,4-10H2,(H,23,25,26)/t13?,14-,15+,16?. The molecule has 2 saturated heterocycles. The molecule has 1 aliphatic carbocycles. The van der Waals surface area contributed by atoms with Gasteiger partial charge in [0.1, 0.15) is 6.04 Å². The van der Waals surface area contributed by atoms with E-state index in [9.17, 15) is 14.4 Å². The Labute approximate surface area is 157 Å². The summed E-state index contributed by atoms with van der Waals surface area (Å²) in [5, 5.41) is 9.29. The summed E-state index contributed by atoms with van der Waals surface area (Å²) in [6.07, 6.45) is 0.681. The van der Waals surface area contributed by atoms with Crippen molar-refractivity contribution in [2.24, 2.45) is 17.8 Å². The number of nitrogens with one attached hydrogen (secondary N) is 3. The Balaban J connectivity index is 1.26. The summed E-state index contributed by atoms with van der Waals surface area (Å²) in [5.74, 6) is 1.70. The van der Waals surface area contributed by atoms with Gasteiger partial charge in [0, 0.05) is 25.1 Å². The average Bonchev–Trinajstić information content (AvgIpc) is 2.97. The van der Waals surface area contributed by atoms with E-state index < -0.39 is 6.04 Å². The molecule has 0 radical (unpaired) electrons. The number of fused-ring (bicyclic) bond motifs is 2. The molecule has 5 rings (SSSR count). The summed E-state index contributed by atoms with van der Waals surface area (Å²) in [6, 6.07) is 5.38. The van der Waals surface area contributed by atoms with E-state index in [4.69, 9.17) is 0 Å². The van der Waals surface area contributed by atoms with Crippen LogP contribution in [0.25, 0.3) is 0 Å². The quantitative estimate of drug-likeness (QED) is 0.637. The number of piperidine rings is 2. The van der Waals surface area contributed by atoms with Gasteiger partial charge in [-0.05, 0) is 54.9 Å². The minimum Gasteiger partial charge on any atom is -0.322 e. The molecule has 142 valence electrons. The number of amides is 3. The topological polar surface area (TPSA) is 90.5 Å². The second kappa shape index (κ2) is 6.42. The summed E-state index contributed by atoms with van der Waals surface area (Å²) in [6.45, 7) is 4.37. The molecule has 3 heterocycles. The van der Waals surface area contributed by atoms with Crippen LogP contribution < -0.4 is 16.0 Å². The van der Waals surface area contributed by atoms with Gasteiger partial charge in [-0.25, -0.2) is 0 Å². The van der Waals surface area contributed by atoms with E-state index in [0.29, 0.717) is 19.5 Å². The molecule has 3 N–H and O–H groups in total. The van der Waals surface area contributed by atoms with E-state index in [1.807, 2.05) is 18.2 Å². The van der Waals surface area contributed by atoms with Gasteiger partial charge >= 0.3 is 0 Å². The maximum absolute atomic E-state index is 13.0. The van der Waals surface area contributed by atoms with E-state index in [0.717, 1.165) is 54.1 Å². The molecular weight excluding hydrogens is 344 g/mol. The number of hydrogen-bond acceptors (Lipinski definition) is 5. The van der Waals surface area contributed by atoms with Gasteiger partial charge in [0.15, 0.2) is 0 Å². The molecule has 1 aromatic rings. The lowest BCUT2D eigenvalue weighted by Gasteiger charge is -2.29. The third-order valence-electron chi connectivity index (χ3n) is 6.60. The van der Waals surface area contributed by atoms with Crippen molar-refractivity contribution in [1.29, 1.82) is 0 Å². The lowest BCUT2D eigenvalue weighted by atomic mass is 10.0. The largest absolute Gasteiger partial charge is 0.322 e. The highest BCUT2D eigenvalue weighted by molar-refractivity contribution is 6.05. The SMILES string of the molecule is O=C1CCC(N2Cc3cccc(CNCC4[C@H]5CNC[C@@H]45)c3C2=O)C(=O)N1. The Morgan fingerprint density at radius 3 is 2.74 bits per heavy atom. The minimum atomic E-state index is -0.554. The molecule has 3 amide bonds. The monoisotopic (exact) mass is 368 g/mol. The summed E-state index contributed by atoms with van der Waals surface area (Å²) in [7, 11) is 0. The summed E-state index contributed by atoms with van der Waals surface area (Å²) >= 11 is 0. The summed E-state index contributed by atoms with van der Waals surface area (Å²) in [5.41, 5.74) is 2.69. The number of hydrogen-bond donors (Lipinski definition) is 3. The first-order valence-corrected chi connectivity index (χ1v) is 9.80. The van der Waals surface area contributed by atoms with Crippen LogP contribution in [0.1, 0.15) is 34.3 Å². The molecule has 4 atom stereocenters. The zero-order valence-corrected chi connectivity index (χ0v) is 15.2. The predicted molar refractivity (Wildman–Crippen MR) is 97.5 cm³/mol. The third kappa shape index (κ3) is 2.85. The van der Waals surface area contributed by atoms with Crippen molar-refractivity contribution in [1.82, 2.24) is 20.9 Å². The highest BCUT2D eigenvalue weighted by atomic mass is 16.2. The van der Waals surface area contributed by atoms with Gasteiger partial charge in [0.2, 0.25) is 11.8 Å². The fraction of sp³-hybridized carbons (Fsp3) is 0.550. The van der Waals surface area contributed by atoms with Crippen molar-refractivity contribution in [2.75, 3.05) is 19.6 Å².